The molecule has 1 aliphatic rings. The maximum absolute atomic E-state index is 13.9. The van der Waals surface area contributed by atoms with Gasteiger partial charge in [-0.25, -0.2) is 0 Å². The van der Waals surface area contributed by atoms with Crippen molar-refractivity contribution in [2.75, 3.05) is 13.6 Å². The molecule has 1 aromatic heterocycles. The molecule has 2 N–H and O–H groups in total. The Morgan fingerprint density at radius 2 is 1.67 bits per heavy atom. The van der Waals surface area contributed by atoms with Crippen LogP contribution >= 0.6 is 11.6 Å². The number of nitrogens with one attached hydrogen (secondary N) is 1. The first kappa shape index (κ1) is 30.4. The lowest BCUT2D eigenvalue weighted by Gasteiger charge is -2.28. The van der Waals surface area contributed by atoms with Crippen molar-refractivity contribution in [1.82, 2.24) is 19.7 Å². The van der Waals surface area contributed by atoms with E-state index < -0.39 is 24.1 Å². The average molecular weight is 623 g/mol. The molecular weight excluding hydrogens is 588 g/mol. The summed E-state index contributed by atoms with van der Waals surface area (Å²) in [6.45, 7) is 0.399. The van der Waals surface area contributed by atoms with E-state index in [0.717, 1.165) is 32.8 Å². The van der Waals surface area contributed by atoms with Gasteiger partial charge in [-0.1, -0.05) is 84.4 Å². The number of rotatable bonds is 8. The number of carbonyl (C=O) groups is 3. The molecule has 1 fully saturated rings. The predicted octanol–water partition coefficient (Wildman–Crippen LogP) is 4.95. The summed E-state index contributed by atoms with van der Waals surface area (Å²) in [4.78, 5) is 44.7. The molecule has 2 heterocycles. The van der Waals surface area contributed by atoms with Crippen LogP contribution in [-0.4, -0.2) is 69.0 Å². The fourth-order valence-electron chi connectivity index (χ4n) is 6.25. The van der Waals surface area contributed by atoms with Crippen LogP contribution in [0.4, 0.5) is 0 Å². The first-order valence-corrected chi connectivity index (χ1v) is 15.4. The highest BCUT2D eigenvalue weighted by molar-refractivity contribution is 6.31. The Balaban J connectivity index is 1.27. The zero-order chi connectivity index (χ0) is 31.7. The van der Waals surface area contributed by atoms with E-state index in [1.165, 1.54) is 4.90 Å². The van der Waals surface area contributed by atoms with Crippen LogP contribution in [0.5, 0.6) is 0 Å². The molecule has 3 atom stereocenters. The van der Waals surface area contributed by atoms with E-state index in [2.05, 4.69) is 5.32 Å². The van der Waals surface area contributed by atoms with Gasteiger partial charge in [0.1, 0.15) is 12.1 Å². The van der Waals surface area contributed by atoms with Gasteiger partial charge in [-0.05, 0) is 40.1 Å². The van der Waals surface area contributed by atoms with Crippen LogP contribution in [0.3, 0.4) is 0 Å². The van der Waals surface area contributed by atoms with E-state index in [0.29, 0.717) is 17.1 Å². The number of aliphatic hydroxyl groups excluding tert-OH is 1. The average Bonchev–Trinajstić information content (AvgIpc) is 3.60. The minimum absolute atomic E-state index is 0.0277. The first-order valence-electron chi connectivity index (χ1n) is 15.0. The molecule has 1 aliphatic heterocycles. The van der Waals surface area contributed by atoms with Gasteiger partial charge in [-0.2, -0.15) is 0 Å². The summed E-state index contributed by atoms with van der Waals surface area (Å²) < 4.78 is 1.87. The van der Waals surface area contributed by atoms with Crippen LogP contribution in [-0.2, 0) is 29.6 Å². The number of nitrogens with zero attached hydrogens (tertiary/aromatic N) is 3. The maximum atomic E-state index is 13.9. The summed E-state index contributed by atoms with van der Waals surface area (Å²) in [6, 6.07) is 26.9. The second-order valence-electron chi connectivity index (χ2n) is 11.8. The number of carbonyl (C=O) groups excluding carboxylic acids is 3. The van der Waals surface area contributed by atoms with Crippen LogP contribution < -0.4 is 5.32 Å². The molecule has 5 aromatic rings. The molecule has 230 valence electrons. The standard InChI is InChI=1S/C36H35ClN4O4/c1-39-22-30(29-10-6-7-11-32(29)39)35(44)41-21-28(42)19-33(41)34(43)38-31(36(45)40(2)20-23-8-4-3-5-9-23)17-24-12-13-26-18-27(37)15-14-25(26)16-24/h3-16,18,22,28,31,33,42H,17,19-21H2,1-2H3,(H,38,43)/t28-,31-,33?/m1/s1. The second-order valence-corrected chi connectivity index (χ2v) is 12.2. The zero-order valence-corrected chi connectivity index (χ0v) is 25.9. The minimum atomic E-state index is -0.931. The van der Waals surface area contributed by atoms with Crippen molar-refractivity contribution >= 4 is 51.0 Å². The smallest absolute Gasteiger partial charge is 0.256 e. The minimum Gasteiger partial charge on any atom is -0.391 e. The van der Waals surface area contributed by atoms with Crippen LogP contribution in [0.1, 0.15) is 27.9 Å². The maximum Gasteiger partial charge on any atom is 0.256 e. The van der Waals surface area contributed by atoms with Gasteiger partial charge in [0.05, 0.1) is 11.7 Å². The van der Waals surface area contributed by atoms with Gasteiger partial charge in [0.2, 0.25) is 11.8 Å². The van der Waals surface area contributed by atoms with Gasteiger partial charge in [-0.15, -0.1) is 0 Å². The number of likely N-dealkylation sites (N-methyl/N-ethyl adjacent to an activating group) is 1. The largest absolute Gasteiger partial charge is 0.391 e. The molecule has 8 nitrogen and oxygen atoms in total. The lowest BCUT2D eigenvalue weighted by Crippen LogP contribution is -2.54. The van der Waals surface area contributed by atoms with Crippen molar-refractivity contribution < 1.29 is 19.5 Å². The molecule has 0 aliphatic carbocycles. The summed E-state index contributed by atoms with van der Waals surface area (Å²) in [5.41, 5.74) is 3.19. The fourth-order valence-corrected chi connectivity index (χ4v) is 6.43. The molecule has 0 radical (unpaired) electrons. The number of benzene rings is 4. The molecule has 1 saturated heterocycles. The monoisotopic (exact) mass is 622 g/mol. The third-order valence-corrected chi connectivity index (χ3v) is 8.76. The number of likely N-dealkylation sites (tertiary alicyclic amines) is 1. The number of aliphatic hydroxyl groups is 1. The van der Waals surface area contributed by atoms with E-state index in [1.807, 2.05) is 103 Å². The second kappa shape index (κ2) is 12.8. The Hall–Kier alpha value is -4.66. The number of hydrogen-bond acceptors (Lipinski definition) is 4. The summed E-state index contributed by atoms with van der Waals surface area (Å²) in [6.07, 6.45) is 1.22. The molecule has 1 unspecified atom stereocenters. The number of para-hydroxylation sites is 1. The number of fused-ring (bicyclic) bond motifs is 2. The van der Waals surface area contributed by atoms with Crippen molar-refractivity contribution in [3.63, 3.8) is 0 Å². The van der Waals surface area contributed by atoms with Gasteiger partial charge in [-0.3, -0.25) is 14.4 Å². The molecule has 3 amide bonds. The first-order chi connectivity index (χ1) is 21.7. The van der Waals surface area contributed by atoms with E-state index in [9.17, 15) is 19.5 Å². The topological polar surface area (TPSA) is 94.9 Å². The van der Waals surface area contributed by atoms with Gasteiger partial charge in [0.25, 0.3) is 5.91 Å². The highest BCUT2D eigenvalue weighted by Crippen LogP contribution is 2.27. The molecule has 4 aromatic carbocycles. The van der Waals surface area contributed by atoms with Gasteiger partial charge in [0.15, 0.2) is 0 Å². The SMILES string of the molecule is CN(Cc1ccccc1)C(=O)[C@@H](Cc1ccc2cc(Cl)ccc2c1)NC(=O)C1C[C@@H](O)CN1C(=O)c1cn(C)c2ccccc12. The third kappa shape index (κ3) is 6.43. The molecule has 0 bridgehead atoms. The van der Waals surface area contributed by atoms with Gasteiger partial charge >= 0.3 is 0 Å². The Morgan fingerprint density at radius 3 is 2.47 bits per heavy atom. The van der Waals surface area contributed by atoms with Crippen LogP contribution in [0, 0.1) is 0 Å². The van der Waals surface area contributed by atoms with Crippen molar-refractivity contribution in [2.24, 2.45) is 7.05 Å². The number of aryl methyl sites for hydroxylation is 1. The highest BCUT2D eigenvalue weighted by Gasteiger charge is 2.41. The van der Waals surface area contributed by atoms with Crippen molar-refractivity contribution in [2.45, 2.75) is 37.6 Å². The highest BCUT2D eigenvalue weighted by atomic mass is 35.5. The van der Waals surface area contributed by atoms with Crippen molar-refractivity contribution in [3.8, 4) is 0 Å². The Labute approximate surface area is 266 Å². The molecule has 0 saturated carbocycles. The Bertz CT molecular complexity index is 1890. The molecular formula is C36H35ClN4O4. The van der Waals surface area contributed by atoms with Crippen molar-refractivity contribution in [1.29, 1.82) is 0 Å². The summed E-state index contributed by atoms with van der Waals surface area (Å²) in [5.74, 6) is -1.06. The summed E-state index contributed by atoms with van der Waals surface area (Å²) >= 11 is 6.17. The predicted molar refractivity (Wildman–Crippen MR) is 176 cm³/mol. The van der Waals surface area contributed by atoms with Crippen molar-refractivity contribution in [3.05, 3.63) is 119 Å². The van der Waals surface area contributed by atoms with Crippen LogP contribution in [0.2, 0.25) is 5.02 Å². The zero-order valence-electron chi connectivity index (χ0n) is 25.2. The number of halogens is 1. The molecule has 0 spiro atoms. The normalized spacial score (nSPS) is 17.0. The van der Waals surface area contributed by atoms with E-state index in [1.54, 1.807) is 18.1 Å². The van der Waals surface area contributed by atoms with E-state index in [-0.39, 0.29) is 31.2 Å². The number of amides is 3. The lowest BCUT2D eigenvalue weighted by molar-refractivity contribution is -0.136. The van der Waals surface area contributed by atoms with E-state index in [4.69, 9.17) is 11.6 Å². The summed E-state index contributed by atoms with van der Waals surface area (Å²) in [5, 5.41) is 16.9. The van der Waals surface area contributed by atoms with E-state index >= 15 is 0 Å². The van der Waals surface area contributed by atoms with Crippen LogP contribution in [0.15, 0.2) is 97.2 Å². The third-order valence-electron chi connectivity index (χ3n) is 8.53. The molecule has 9 heteroatoms. The Kier molecular flexibility index (Phi) is 8.61. The fraction of sp³-hybridized carbons (Fsp3) is 0.250. The molecule has 45 heavy (non-hydrogen) atoms. The quantitative estimate of drug-likeness (QED) is 0.256. The lowest BCUT2D eigenvalue weighted by atomic mass is 10.00. The van der Waals surface area contributed by atoms with Gasteiger partial charge < -0.3 is 24.8 Å². The van der Waals surface area contributed by atoms with Gasteiger partial charge in [0, 0.05) is 62.1 Å². The Morgan fingerprint density at radius 1 is 0.956 bits per heavy atom. The summed E-state index contributed by atoms with van der Waals surface area (Å²) in [7, 11) is 3.58. The molecule has 6 rings (SSSR count). The number of hydrogen-bond donors (Lipinski definition) is 2. The number of β-amino-alcohol motifs (C(OH)–C–C–N with tert-alkyl or cyclic N) is 1. The van der Waals surface area contributed by atoms with Crippen LogP contribution in [0.25, 0.3) is 21.7 Å². The number of aromatic nitrogens is 1.